The normalized spacial score (nSPS) is 15.1. The van der Waals surface area contributed by atoms with Crippen molar-refractivity contribution in [2.24, 2.45) is 0 Å². The van der Waals surface area contributed by atoms with Crippen molar-refractivity contribution in [1.82, 2.24) is 10.2 Å². The number of nitrogens with one attached hydrogen (secondary N) is 1. The van der Waals surface area contributed by atoms with Gasteiger partial charge in [0.15, 0.2) is 0 Å². The van der Waals surface area contributed by atoms with Gasteiger partial charge in [-0.25, -0.2) is 4.39 Å². The molecule has 0 bridgehead atoms. The lowest BCUT2D eigenvalue weighted by molar-refractivity contribution is -0.140. The molecule has 0 spiro atoms. The van der Waals surface area contributed by atoms with Crippen molar-refractivity contribution in [3.63, 3.8) is 0 Å². The number of nitrogens with zero attached hydrogens (tertiary/aromatic N) is 1. The highest BCUT2D eigenvalue weighted by Crippen LogP contribution is 2.27. The first kappa shape index (κ1) is 22.6. The SMILES string of the molecule is CC(C(=O)NC1CCCC1)N(Cc1c(Cl)cccc1Cl)C(=O)Cc1ccccc1F. The minimum atomic E-state index is -0.753. The van der Waals surface area contributed by atoms with Crippen LogP contribution in [0.25, 0.3) is 0 Å². The Hall–Kier alpha value is -2.11. The van der Waals surface area contributed by atoms with E-state index in [9.17, 15) is 14.0 Å². The van der Waals surface area contributed by atoms with Crippen LogP contribution in [0, 0.1) is 5.82 Å². The van der Waals surface area contributed by atoms with Crippen molar-refractivity contribution in [2.45, 2.75) is 57.7 Å². The molecule has 7 heteroatoms. The molecule has 160 valence electrons. The highest BCUT2D eigenvalue weighted by molar-refractivity contribution is 6.36. The van der Waals surface area contributed by atoms with Crippen molar-refractivity contribution in [3.05, 3.63) is 69.5 Å². The molecule has 3 rings (SSSR count). The third kappa shape index (κ3) is 5.52. The smallest absolute Gasteiger partial charge is 0.242 e. The number of hydrogen-bond donors (Lipinski definition) is 1. The first-order chi connectivity index (χ1) is 14.4. The quantitative estimate of drug-likeness (QED) is 0.633. The summed E-state index contributed by atoms with van der Waals surface area (Å²) >= 11 is 12.6. The number of benzene rings is 2. The van der Waals surface area contributed by atoms with E-state index in [1.54, 1.807) is 43.3 Å². The average Bonchev–Trinajstić information content (AvgIpc) is 3.22. The van der Waals surface area contributed by atoms with Crippen LogP contribution < -0.4 is 5.32 Å². The predicted octanol–water partition coefficient (Wildman–Crippen LogP) is 5.15. The average molecular weight is 451 g/mol. The molecule has 1 saturated carbocycles. The summed E-state index contributed by atoms with van der Waals surface area (Å²) in [4.78, 5) is 27.5. The molecule has 1 unspecified atom stereocenters. The Morgan fingerprint density at radius 2 is 1.73 bits per heavy atom. The Bertz CT molecular complexity index is 896. The van der Waals surface area contributed by atoms with E-state index >= 15 is 0 Å². The molecule has 1 fully saturated rings. The Balaban J connectivity index is 1.84. The molecule has 0 aliphatic heterocycles. The fourth-order valence-electron chi connectivity index (χ4n) is 3.73. The lowest BCUT2D eigenvalue weighted by Crippen LogP contribution is -2.50. The molecule has 0 aromatic heterocycles. The van der Waals surface area contributed by atoms with Crippen molar-refractivity contribution in [3.8, 4) is 0 Å². The summed E-state index contributed by atoms with van der Waals surface area (Å²) in [5.41, 5.74) is 0.837. The number of carbonyl (C=O) groups excluding carboxylic acids is 2. The molecule has 1 N–H and O–H groups in total. The maximum Gasteiger partial charge on any atom is 0.242 e. The molecule has 2 amide bonds. The molecule has 4 nitrogen and oxygen atoms in total. The number of hydrogen-bond acceptors (Lipinski definition) is 2. The van der Waals surface area contributed by atoms with Gasteiger partial charge in [0.2, 0.25) is 11.8 Å². The molecule has 1 aliphatic carbocycles. The van der Waals surface area contributed by atoms with E-state index in [0.717, 1.165) is 25.7 Å². The van der Waals surface area contributed by atoms with Crippen LogP contribution in [0.4, 0.5) is 4.39 Å². The molecular weight excluding hydrogens is 426 g/mol. The van der Waals surface area contributed by atoms with Gasteiger partial charge in [-0.15, -0.1) is 0 Å². The van der Waals surface area contributed by atoms with Crippen LogP contribution in [-0.4, -0.2) is 28.8 Å². The molecule has 0 radical (unpaired) electrons. The summed E-state index contributed by atoms with van der Waals surface area (Å²) in [5.74, 6) is -1.05. The van der Waals surface area contributed by atoms with Crippen LogP contribution in [0.2, 0.25) is 10.0 Å². The highest BCUT2D eigenvalue weighted by Gasteiger charge is 2.29. The Kier molecular flexibility index (Phi) is 7.73. The number of halogens is 3. The minimum Gasteiger partial charge on any atom is -0.352 e. The third-order valence-electron chi connectivity index (χ3n) is 5.56. The van der Waals surface area contributed by atoms with E-state index in [1.165, 1.54) is 11.0 Å². The zero-order chi connectivity index (χ0) is 21.7. The number of rotatable bonds is 7. The number of carbonyl (C=O) groups is 2. The third-order valence-corrected chi connectivity index (χ3v) is 6.27. The molecule has 2 aromatic rings. The van der Waals surface area contributed by atoms with E-state index in [4.69, 9.17) is 23.2 Å². The van der Waals surface area contributed by atoms with Gasteiger partial charge in [0, 0.05) is 28.2 Å². The summed E-state index contributed by atoms with van der Waals surface area (Å²) in [6, 6.07) is 10.6. The van der Waals surface area contributed by atoms with Gasteiger partial charge < -0.3 is 10.2 Å². The van der Waals surface area contributed by atoms with Crippen molar-refractivity contribution in [2.75, 3.05) is 0 Å². The first-order valence-corrected chi connectivity index (χ1v) is 10.9. The first-order valence-electron chi connectivity index (χ1n) is 10.1. The molecule has 0 heterocycles. The highest BCUT2D eigenvalue weighted by atomic mass is 35.5. The van der Waals surface area contributed by atoms with E-state index in [0.29, 0.717) is 15.6 Å². The predicted molar refractivity (Wildman–Crippen MR) is 117 cm³/mol. The standard InChI is InChI=1S/C23H25Cl2FN2O2/c1-15(23(30)27-17-8-3-4-9-17)28(14-18-19(24)10-6-11-20(18)25)22(29)13-16-7-2-5-12-21(16)26/h2,5-7,10-12,15,17H,3-4,8-9,13-14H2,1H3,(H,27,30). The summed E-state index contributed by atoms with van der Waals surface area (Å²) < 4.78 is 14.1. The van der Waals surface area contributed by atoms with Crippen LogP contribution in [0.3, 0.4) is 0 Å². The Labute approximate surface area is 186 Å². The summed E-state index contributed by atoms with van der Waals surface area (Å²) in [6.45, 7) is 1.74. The van der Waals surface area contributed by atoms with Gasteiger partial charge in [0.25, 0.3) is 0 Å². The maximum atomic E-state index is 14.1. The lowest BCUT2D eigenvalue weighted by atomic mass is 10.1. The number of amides is 2. The van der Waals surface area contributed by atoms with Crippen LogP contribution in [0.5, 0.6) is 0 Å². The molecule has 30 heavy (non-hydrogen) atoms. The monoisotopic (exact) mass is 450 g/mol. The fourth-order valence-corrected chi connectivity index (χ4v) is 4.25. The van der Waals surface area contributed by atoms with Gasteiger partial charge in [0.05, 0.1) is 6.42 Å². The Morgan fingerprint density at radius 3 is 2.37 bits per heavy atom. The second-order valence-corrected chi connectivity index (χ2v) is 8.47. The Morgan fingerprint density at radius 1 is 1.10 bits per heavy atom. The van der Waals surface area contributed by atoms with Gasteiger partial charge in [-0.3, -0.25) is 9.59 Å². The zero-order valence-electron chi connectivity index (χ0n) is 16.8. The largest absolute Gasteiger partial charge is 0.352 e. The van der Waals surface area contributed by atoms with Gasteiger partial charge in [-0.2, -0.15) is 0 Å². The molecule has 1 aliphatic rings. The van der Waals surface area contributed by atoms with Crippen molar-refractivity contribution in [1.29, 1.82) is 0 Å². The zero-order valence-corrected chi connectivity index (χ0v) is 18.3. The molecular formula is C23H25Cl2FN2O2. The second kappa shape index (κ2) is 10.3. The van der Waals surface area contributed by atoms with Crippen molar-refractivity contribution >= 4 is 35.0 Å². The van der Waals surface area contributed by atoms with E-state index < -0.39 is 11.9 Å². The van der Waals surface area contributed by atoms with Gasteiger partial charge in [-0.05, 0) is 43.5 Å². The van der Waals surface area contributed by atoms with Crippen LogP contribution in [0.15, 0.2) is 42.5 Å². The summed E-state index contributed by atoms with van der Waals surface area (Å²) in [5, 5.41) is 3.85. The lowest BCUT2D eigenvalue weighted by Gasteiger charge is -2.30. The fraction of sp³-hybridized carbons (Fsp3) is 0.391. The van der Waals surface area contributed by atoms with Crippen LogP contribution in [0.1, 0.15) is 43.7 Å². The van der Waals surface area contributed by atoms with E-state index in [-0.39, 0.29) is 36.4 Å². The van der Waals surface area contributed by atoms with E-state index in [1.807, 2.05) is 0 Å². The van der Waals surface area contributed by atoms with E-state index in [2.05, 4.69) is 5.32 Å². The summed E-state index contributed by atoms with van der Waals surface area (Å²) in [6.07, 6.45) is 3.90. The topological polar surface area (TPSA) is 49.4 Å². The van der Waals surface area contributed by atoms with Gasteiger partial charge >= 0.3 is 0 Å². The van der Waals surface area contributed by atoms with Crippen LogP contribution in [-0.2, 0) is 22.6 Å². The minimum absolute atomic E-state index is 0.0606. The maximum absolute atomic E-state index is 14.1. The van der Waals surface area contributed by atoms with Crippen molar-refractivity contribution < 1.29 is 14.0 Å². The van der Waals surface area contributed by atoms with Crippen LogP contribution >= 0.6 is 23.2 Å². The molecule has 0 saturated heterocycles. The summed E-state index contributed by atoms with van der Waals surface area (Å²) in [7, 11) is 0. The van der Waals surface area contributed by atoms with Gasteiger partial charge in [-0.1, -0.05) is 60.3 Å². The molecule has 2 aromatic carbocycles. The van der Waals surface area contributed by atoms with Gasteiger partial charge in [0.1, 0.15) is 11.9 Å². The second-order valence-electron chi connectivity index (χ2n) is 7.66. The molecule has 1 atom stereocenters.